The Morgan fingerprint density at radius 2 is 2.26 bits per heavy atom. The second-order valence-corrected chi connectivity index (χ2v) is 4.18. The number of nitrogens with one attached hydrogen (secondary N) is 2. The second kappa shape index (κ2) is 4.81. The number of nitrogens with zero attached hydrogens (tertiary/aromatic N) is 2. The van der Waals surface area contributed by atoms with Crippen molar-refractivity contribution in [3.8, 4) is 0 Å². The Labute approximate surface area is 108 Å². The molecule has 3 rings (SSSR count). The number of rotatable bonds is 4. The molecule has 0 bridgehead atoms. The molecule has 0 spiro atoms. The predicted octanol–water partition coefficient (Wildman–Crippen LogP) is 2.31. The van der Waals surface area contributed by atoms with E-state index in [2.05, 4.69) is 20.3 Å². The highest BCUT2D eigenvalue weighted by Crippen LogP contribution is 2.27. The maximum Gasteiger partial charge on any atom is 0.153 e. The third kappa shape index (κ3) is 2.10. The van der Waals surface area contributed by atoms with E-state index in [0.29, 0.717) is 24.5 Å². The van der Waals surface area contributed by atoms with Crippen LogP contribution in [0.4, 0.5) is 10.2 Å². The standard InChI is InChI=1S/C13H13FN4O/c1-19-5-4-15-13-12-11(16-7-17-13)9-6-8(14)2-3-10(9)18-12/h2-3,6-7,18H,4-5H2,1H3,(H,15,16,17). The smallest absolute Gasteiger partial charge is 0.153 e. The molecule has 0 aliphatic heterocycles. The maximum atomic E-state index is 13.3. The topological polar surface area (TPSA) is 62.8 Å². The summed E-state index contributed by atoms with van der Waals surface area (Å²) >= 11 is 0. The van der Waals surface area contributed by atoms with E-state index >= 15 is 0 Å². The van der Waals surface area contributed by atoms with Gasteiger partial charge in [0.1, 0.15) is 23.2 Å². The molecule has 0 amide bonds. The molecule has 2 N–H and O–H groups in total. The van der Waals surface area contributed by atoms with Crippen LogP contribution in [0.3, 0.4) is 0 Å². The maximum absolute atomic E-state index is 13.3. The Bertz CT molecular complexity index is 725. The zero-order chi connectivity index (χ0) is 13.2. The van der Waals surface area contributed by atoms with E-state index in [0.717, 1.165) is 16.4 Å². The van der Waals surface area contributed by atoms with Crippen molar-refractivity contribution in [3.05, 3.63) is 30.3 Å². The molecule has 2 aromatic heterocycles. The monoisotopic (exact) mass is 260 g/mol. The molecule has 0 radical (unpaired) electrons. The fourth-order valence-electron chi connectivity index (χ4n) is 2.07. The minimum Gasteiger partial charge on any atom is -0.383 e. The minimum absolute atomic E-state index is 0.277. The second-order valence-electron chi connectivity index (χ2n) is 4.18. The summed E-state index contributed by atoms with van der Waals surface area (Å²) in [6, 6.07) is 4.59. The zero-order valence-corrected chi connectivity index (χ0v) is 10.4. The number of halogens is 1. The first-order chi connectivity index (χ1) is 9.29. The predicted molar refractivity (Wildman–Crippen MR) is 71.7 cm³/mol. The fraction of sp³-hybridized carbons (Fsp3) is 0.231. The molecule has 6 heteroatoms. The number of anilines is 1. The number of hydrogen-bond acceptors (Lipinski definition) is 4. The molecule has 3 aromatic rings. The van der Waals surface area contributed by atoms with Crippen LogP contribution >= 0.6 is 0 Å². The van der Waals surface area contributed by atoms with Gasteiger partial charge in [0.25, 0.3) is 0 Å². The number of aromatic amines is 1. The van der Waals surface area contributed by atoms with Crippen LogP contribution in [-0.4, -0.2) is 35.2 Å². The molecule has 98 valence electrons. The van der Waals surface area contributed by atoms with Crippen LogP contribution in [0.25, 0.3) is 21.9 Å². The van der Waals surface area contributed by atoms with Crippen molar-refractivity contribution in [2.75, 3.05) is 25.6 Å². The Hall–Kier alpha value is -2.21. The van der Waals surface area contributed by atoms with Crippen LogP contribution in [0.5, 0.6) is 0 Å². The van der Waals surface area contributed by atoms with Gasteiger partial charge in [0.05, 0.1) is 6.61 Å². The number of ether oxygens (including phenoxy) is 1. The van der Waals surface area contributed by atoms with Gasteiger partial charge < -0.3 is 15.0 Å². The largest absolute Gasteiger partial charge is 0.383 e. The molecule has 1 aromatic carbocycles. The first-order valence-electron chi connectivity index (χ1n) is 5.94. The average Bonchev–Trinajstić information content (AvgIpc) is 2.78. The van der Waals surface area contributed by atoms with Gasteiger partial charge in [0.15, 0.2) is 5.82 Å². The molecule has 0 atom stereocenters. The number of fused-ring (bicyclic) bond motifs is 3. The zero-order valence-electron chi connectivity index (χ0n) is 10.4. The van der Waals surface area contributed by atoms with Crippen LogP contribution in [0.2, 0.25) is 0 Å². The lowest BCUT2D eigenvalue weighted by molar-refractivity contribution is 0.210. The summed E-state index contributed by atoms with van der Waals surface area (Å²) in [5, 5.41) is 3.92. The first kappa shape index (κ1) is 11.9. The fourth-order valence-corrected chi connectivity index (χ4v) is 2.07. The van der Waals surface area contributed by atoms with Gasteiger partial charge in [-0.1, -0.05) is 0 Å². The lowest BCUT2D eigenvalue weighted by Gasteiger charge is -2.04. The summed E-state index contributed by atoms with van der Waals surface area (Å²) in [7, 11) is 1.64. The summed E-state index contributed by atoms with van der Waals surface area (Å²) in [6.07, 6.45) is 1.47. The number of benzene rings is 1. The molecule has 0 aliphatic carbocycles. The molecular formula is C13H13FN4O. The Morgan fingerprint density at radius 1 is 1.37 bits per heavy atom. The lowest BCUT2D eigenvalue weighted by Crippen LogP contribution is -2.09. The highest BCUT2D eigenvalue weighted by atomic mass is 19.1. The van der Waals surface area contributed by atoms with E-state index in [1.165, 1.54) is 18.5 Å². The molecule has 5 nitrogen and oxygen atoms in total. The minimum atomic E-state index is -0.277. The lowest BCUT2D eigenvalue weighted by atomic mass is 10.2. The van der Waals surface area contributed by atoms with Crippen LogP contribution in [-0.2, 0) is 4.74 Å². The quantitative estimate of drug-likeness (QED) is 0.707. The van der Waals surface area contributed by atoms with Gasteiger partial charge in [-0.25, -0.2) is 14.4 Å². The van der Waals surface area contributed by atoms with Gasteiger partial charge in [-0.3, -0.25) is 0 Å². The van der Waals surface area contributed by atoms with Gasteiger partial charge in [0, 0.05) is 24.6 Å². The Morgan fingerprint density at radius 3 is 3.11 bits per heavy atom. The van der Waals surface area contributed by atoms with Crippen LogP contribution in [0, 0.1) is 5.82 Å². The van der Waals surface area contributed by atoms with E-state index in [9.17, 15) is 4.39 Å². The van der Waals surface area contributed by atoms with Crippen molar-refractivity contribution >= 4 is 27.8 Å². The third-order valence-electron chi connectivity index (χ3n) is 2.94. The molecule has 0 saturated carbocycles. The Kier molecular flexibility index (Phi) is 3.00. The van der Waals surface area contributed by atoms with E-state index < -0.39 is 0 Å². The van der Waals surface area contributed by atoms with E-state index in [4.69, 9.17) is 4.74 Å². The van der Waals surface area contributed by atoms with Crippen LogP contribution < -0.4 is 5.32 Å². The van der Waals surface area contributed by atoms with Gasteiger partial charge in [-0.2, -0.15) is 0 Å². The summed E-state index contributed by atoms with van der Waals surface area (Å²) in [6.45, 7) is 1.23. The van der Waals surface area contributed by atoms with Crippen LogP contribution in [0.1, 0.15) is 0 Å². The van der Waals surface area contributed by atoms with E-state index in [1.54, 1.807) is 13.2 Å². The molecule has 0 aliphatic rings. The van der Waals surface area contributed by atoms with Crippen molar-refractivity contribution in [2.45, 2.75) is 0 Å². The van der Waals surface area contributed by atoms with E-state index in [-0.39, 0.29) is 5.82 Å². The van der Waals surface area contributed by atoms with Crippen molar-refractivity contribution in [1.82, 2.24) is 15.0 Å². The summed E-state index contributed by atoms with van der Waals surface area (Å²) in [5.74, 6) is 0.416. The molecule has 0 fully saturated rings. The summed E-state index contributed by atoms with van der Waals surface area (Å²) < 4.78 is 18.3. The number of hydrogen-bond donors (Lipinski definition) is 2. The molecule has 0 unspecified atom stereocenters. The highest BCUT2D eigenvalue weighted by Gasteiger charge is 2.10. The summed E-state index contributed by atoms with van der Waals surface area (Å²) in [4.78, 5) is 11.6. The summed E-state index contributed by atoms with van der Waals surface area (Å²) in [5.41, 5.74) is 2.33. The van der Waals surface area contributed by atoms with Crippen molar-refractivity contribution in [1.29, 1.82) is 0 Å². The van der Waals surface area contributed by atoms with Gasteiger partial charge in [0.2, 0.25) is 0 Å². The van der Waals surface area contributed by atoms with E-state index in [1.807, 2.05) is 0 Å². The SMILES string of the molecule is COCCNc1ncnc2c1[nH]c1ccc(F)cc12. The number of H-pyrrole nitrogens is 1. The van der Waals surface area contributed by atoms with Gasteiger partial charge in [-0.05, 0) is 18.2 Å². The van der Waals surface area contributed by atoms with Crippen molar-refractivity contribution in [2.24, 2.45) is 0 Å². The van der Waals surface area contributed by atoms with Crippen molar-refractivity contribution < 1.29 is 9.13 Å². The van der Waals surface area contributed by atoms with Crippen LogP contribution in [0.15, 0.2) is 24.5 Å². The van der Waals surface area contributed by atoms with Gasteiger partial charge >= 0.3 is 0 Å². The number of methoxy groups -OCH3 is 1. The van der Waals surface area contributed by atoms with Crippen molar-refractivity contribution in [3.63, 3.8) is 0 Å². The average molecular weight is 260 g/mol. The molecular weight excluding hydrogens is 247 g/mol. The Balaban J connectivity index is 2.12. The molecule has 19 heavy (non-hydrogen) atoms. The molecule has 2 heterocycles. The highest BCUT2D eigenvalue weighted by molar-refractivity contribution is 6.07. The first-order valence-corrected chi connectivity index (χ1v) is 5.94. The van der Waals surface area contributed by atoms with Gasteiger partial charge in [-0.15, -0.1) is 0 Å². The number of aromatic nitrogens is 3. The third-order valence-corrected chi connectivity index (χ3v) is 2.94. The molecule has 0 saturated heterocycles. The normalized spacial score (nSPS) is 11.3.